The molecule has 0 amide bonds. The fourth-order valence-corrected chi connectivity index (χ4v) is 3.22. The molecule has 1 aromatic carbocycles. The van der Waals surface area contributed by atoms with Gasteiger partial charge < -0.3 is 10.6 Å². The van der Waals surface area contributed by atoms with Crippen LogP contribution in [0.4, 0.5) is 5.69 Å². The van der Waals surface area contributed by atoms with Crippen molar-refractivity contribution < 1.29 is 0 Å². The number of nitrogens with two attached hydrogens (primary N) is 1. The molecule has 1 aliphatic rings. The predicted molar refractivity (Wildman–Crippen MR) is 87.7 cm³/mol. The van der Waals surface area contributed by atoms with Gasteiger partial charge in [0.2, 0.25) is 0 Å². The summed E-state index contributed by atoms with van der Waals surface area (Å²) in [5.41, 5.74) is 8.42. The molecule has 2 N–H and O–H groups in total. The number of nitrogens with zero attached hydrogens (tertiary/aromatic N) is 2. The first-order valence-electron chi connectivity index (χ1n) is 7.40. The van der Waals surface area contributed by atoms with Crippen LogP contribution in [0.25, 0.3) is 0 Å². The Labute approximate surface area is 127 Å². The van der Waals surface area contributed by atoms with Gasteiger partial charge in [0.25, 0.3) is 0 Å². The molecule has 3 atom stereocenters. The molecule has 0 aromatic heterocycles. The van der Waals surface area contributed by atoms with Gasteiger partial charge in [-0.25, -0.2) is 0 Å². The van der Waals surface area contributed by atoms with Gasteiger partial charge in [0, 0.05) is 41.9 Å². The molecular weight excluding hydrogens is 270 g/mol. The fourth-order valence-electron chi connectivity index (χ4n) is 2.97. The molecule has 0 aliphatic carbocycles. The van der Waals surface area contributed by atoms with Gasteiger partial charge in [-0.1, -0.05) is 17.7 Å². The summed E-state index contributed by atoms with van der Waals surface area (Å²) in [5.74, 6) is 0. The van der Waals surface area contributed by atoms with E-state index < -0.39 is 0 Å². The lowest BCUT2D eigenvalue weighted by Crippen LogP contribution is -2.55. The van der Waals surface area contributed by atoms with Crippen molar-refractivity contribution in [2.24, 2.45) is 5.73 Å². The molecule has 4 heteroatoms. The predicted octanol–water partition coefficient (Wildman–Crippen LogP) is 2.76. The third kappa shape index (κ3) is 3.27. The largest absolute Gasteiger partial charge is 0.368 e. The molecule has 1 aromatic rings. The van der Waals surface area contributed by atoms with Crippen molar-refractivity contribution in [1.82, 2.24) is 4.90 Å². The average Bonchev–Trinajstić information content (AvgIpc) is 2.37. The van der Waals surface area contributed by atoms with Crippen LogP contribution in [-0.2, 0) is 6.42 Å². The maximum absolute atomic E-state index is 6.40. The van der Waals surface area contributed by atoms with Crippen LogP contribution in [0, 0.1) is 0 Å². The highest BCUT2D eigenvalue weighted by Crippen LogP contribution is 2.31. The molecule has 3 nitrogen and oxygen atoms in total. The van der Waals surface area contributed by atoms with Crippen molar-refractivity contribution >= 4 is 17.3 Å². The van der Waals surface area contributed by atoms with E-state index in [1.165, 1.54) is 11.3 Å². The van der Waals surface area contributed by atoms with Crippen LogP contribution < -0.4 is 10.6 Å². The minimum Gasteiger partial charge on any atom is -0.368 e. The number of anilines is 1. The van der Waals surface area contributed by atoms with E-state index in [0.717, 1.165) is 24.5 Å². The maximum atomic E-state index is 6.40. The first-order valence-corrected chi connectivity index (χ1v) is 7.77. The maximum Gasteiger partial charge on any atom is 0.0459 e. The number of likely N-dealkylation sites (N-methyl/N-ethyl adjacent to an activating group) is 1. The summed E-state index contributed by atoms with van der Waals surface area (Å²) in [6, 6.07) is 7.38. The van der Waals surface area contributed by atoms with Crippen molar-refractivity contribution in [2.45, 2.75) is 45.3 Å². The highest BCUT2D eigenvalue weighted by atomic mass is 35.5. The lowest BCUT2D eigenvalue weighted by atomic mass is 10.0. The molecule has 0 saturated carbocycles. The van der Waals surface area contributed by atoms with Gasteiger partial charge in [0.15, 0.2) is 0 Å². The Hall–Kier alpha value is -0.770. The van der Waals surface area contributed by atoms with E-state index in [4.69, 9.17) is 17.3 Å². The van der Waals surface area contributed by atoms with Crippen molar-refractivity contribution in [1.29, 1.82) is 0 Å². The standard InChI is InChI=1S/C16H26ClN3/c1-11(18)8-14-15(17)6-5-7-16(14)20-9-12(2)19(4)13(3)10-20/h5-7,11-13H,8-10,18H2,1-4H3. The monoisotopic (exact) mass is 295 g/mol. The topological polar surface area (TPSA) is 32.5 Å². The van der Waals surface area contributed by atoms with Gasteiger partial charge >= 0.3 is 0 Å². The van der Waals surface area contributed by atoms with Crippen LogP contribution in [0.15, 0.2) is 18.2 Å². The second kappa shape index (κ2) is 6.33. The van der Waals surface area contributed by atoms with E-state index >= 15 is 0 Å². The zero-order chi connectivity index (χ0) is 14.9. The number of hydrogen-bond donors (Lipinski definition) is 1. The van der Waals surface area contributed by atoms with E-state index in [1.807, 2.05) is 19.1 Å². The molecule has 3 unspecified atom stereocenters. The Balaban J connectivity index is 2.30. The Kier molecular flexibility index (Phi) is 4.95. The van der Waals surface area contributed by atoms with E-state index in [1.54, 1.807) is 0 Å². The van der Waals surface area contributed by atoms with Crippen LogP contribution in [0.2, 0.25) is 5.02 Å². The molecule has 112 valence electrons. The third-order valence-electron chi connectivity index (χ3n) is 4.32. The lowest BCUT2D eigenvalue weighted by Gasteiger charge is -2.44. The molecule has 0 bridgehead atoms. The van der Waals surface area contributed by atoms with Gasteiger partial charge in [-0.2, -0.15) is 0 Å². The Morgan fingerprint density at radius 1 is 1.30 bits per heavy atom. The molecule has 20 heavy (non-hydrogen) atoms. The average molecular weight is 296 g/mol. The van der Waals surface area contributed by atoms with Crippen LogP contribution in [0.1, 0.15) is 26.3 Å². The van der Waals surface area contributed by atoms with Crippen molar-refractivity contribution in [3.63, 3.8) is 0 Å². The summed E-state index contributed by atoms with van der Waals surface area (Å²) >= 11 is 6.40. The minimum atomic E-state index is 0.121. The van der Waals surface area contributed by atoms with Crippen LogP contribution in [-0.4, -0.2) is 43.2 Å². The Bertz CT molecular complexity index is 449. The number of piperazine rings is 1. The Morgan fingerprint density at radius 2 is 1.90 bits per heavy atom. The first-order chi connectivity index (χ1) is 9.40. The molecule has 1 aliphatic heterocycles. The highest BCUT2D eigenvalue weighted by Gasteiger charge is 2.28. The summed E-state index contributed by atoms with van der Waals surface area (Å²) in [4.78, 5) is 4.89. The van der Waals surface area contributed by atoms with Gasteiger partial charge in [-0.3, -0.25) is 4.90 Å². The quantitative estimate of drug-likeness (QED) is 0.931. The van der Waals surface area contributed by atoms with Gasteiger partial charge in [0.05, 0.1) is 0 Å². The minimum absolute atomic E-state index is 0.121. The number of benzene rings is 1. The second-order valence-corrected chi connectivity index (χ2v) is 6.59. The van der Waals surface area contributed by atoms with Crippen molar-refractivity contribution in [3.05, 3.63) is 28.8 Å². The molecular formula is C16H26ClN3. The number of rotatable bonds is 3. The van der Waals surface area contributed by atoms with E-state index in [0.29, 0.717) is 12.1 Å². The van der Waals surface area contributed by atoms with Gasteiger partial charge in [0.1, 0.15) is 0 Å². The molecule has 1 saturated heterocycles. The normalized spacial score (nSPS) is 25.8. The first kappa shape index (κ1) is 15.6. The molecule has 1 fully saturated rings. The zero-order valence-electron chi connectivity index (χ0n) is 12.9. The third-order valence-corrected chi connectivity index (χ3v) is 4.67. The number of halogens is 1. The Morgan fingerprint density at radius 3 is 2.45 bits per heavy atom. The van der Waals surface area contributed by atoms with Crippen LogP contribution in [0.5, 0.6) is 0 Å². The van der Waals surface area contributed by atoms with Crippen molar-refractivity contribution in [2.75, 3.05) is 25.0 Å². The summed E-state index contributed by atoms with van der Waals surface area (Å²) < 4.78 is 0. The molecule has 2 rings (SSSR count). The smallest absolute Gasteiger partial charge is 0.0459 e. The van der Waals surface area contributed by atoms with Crippen LogP contribution >= 0.6 is 11.6 Å². The fraction of sp³-hybridized carbons (Fsp3) is 0.625. The molecule has 1 heterocycles. The van der Waals surface area contributed by atoms with E-state index in [-0.39, 0.29) is 6.04 Å². The van der Waals surface area contributed by atoms with Crippen LogP contribution in [0.3, 0.4) is 0 Å². The summed E-state index contributed by atoms with van der Waals surface area (Å²) in [7, 11) is 2.20. The summed E-state index contributed by atoms with van der Waals surface area (Å²) in [6.45, 7) is 8.65. The zero-order valence-corrected chi connectivity index (χ0v) is 13.7. The lowest BCUT2D eigenvalue weighted by molar-refractivity contribution is 0.170. The summed E-state index contributed by atoms with van der Waals surface area (Å²) in [5, 5.41) is 0.832. The highest BCUT2D eigenvalue weighted by molar-refractivity contribution is 6.31. The molecule has 0 spiro atoms. The summed E-state index contributed by atoms with van der Waals surface area (Å²) in [6.07, 6.45) is 0.824. The SMILES string of the molecule is CC(N)Cc1c(Cl)cccc1N1CC(C)N(C)C(C)C1. The van der Waals surface area contributed by atoms with Gasteiger partial charge in [-0.15, -0.1) is 0 Å². The molecule has 0 radical (unpaired) electrons. The van der Waals surface area contributed by atoms with Gasteiger partial charge in [-0.05, 0) is 51.9 Å². The van der Waals surface area contributed by atoms with E-state index in [2.05, 4.69) is 36.8 Å². The second-order valence-electron chi connectivity index (χ2n) is 6.19. The van der Waals surface area contributed by atoms with Crippen molar-refractivity contribution in [3.8, 4) is 0 Å². The number of hydrogen-bond acceptors (Lipinski definition) is 3. The van der Waals surface area contributed by atoms with E-state index in [9.17, 15) is 0 Å².